The van der Waals surface area contributed by atoms with Gasteiger partial charge in [-0.15, -0.1) is 0 Å². The molecule has 0 unspecified atom stereocenters. The molecular weight excluding hydrogens is 343 g/mol. The highest BCUT2D eigenvalue weighted by Crippen LogP contribution is 2.42. The van der Waals surface area contributed by atoms with Gasteiger partial charge in [-0.25, -0.2) is 0 Å². The second kappa shape index (κ2) is 7.02. The first kappa shape index (κ1) is 18.3. The summed E-state index contributed by atoms with van der Waals surface area (Å²) >= 11 is 0. The van der Waals surface area contributed by atoms with Crippen molar-refractivity contribution in [3.8, 4) is 5.75 Å². The standard InChI is InChI=1S/C20H20F3NO2/c1-15(25)24-13-11-19(12-14-24,16-7-3-2-4-8-16)26-18-10-6-5-9-17(18)20(21,22)23/h2-10H,11-14H2,1H3. The highest BCUT2D eigenvalue weighted by atomic mass is 19.4. The van der Waals surface area contributed by atoms with Crippen LogP contribution in [0.25, 0.3) is 0 Å². The number of alkyl halides is 3. The van der Waals surface area contributed by atoms with Crippen molar-refractivity contribution in [1.29, 1.82) is 0 Å². The normalized spacial score (nSPS) is 17.0. The van der Waals surface area contributed by atoms with Gasteiger partial charge in [0.25, 0.3) is 0 Å². The van der Waals surface area contributed by atoms with Gasteiger partial charge in [0.1, 0.15) is 11.4 Å². The van der Waals surface area contributed by atoms with Crippen LogP contribution in [0.2, 0.25) is 0 Å². The van der Waals surface area contributed by atoms with Gasteiger partial charge in [0, 0.05) is 32.9 Å². The lowest BCUT2D eigenvalue weighted by Gasteiger charge is -2.42. The molecule has 1 heterocycles. The summed E-state index contributed by atoms with van der Waals surface area (Å²) in [6, 6.07) is 14.5. The van der Waals surface area contributed by atoms with Crippen molar-refractivity contribution in [3.05, 3.63) is 65.7 Å². The van der Waals surface area contributed by atoms with E-state index in [9.17, 15) is 18.0 Å². The van der Waals surface area contributed by atoms with Crippen LogP contribution in [0.1, 0.15) is 30.9 Å². The molecular formula is C20H20F3NO2. The number of piperidine rings is 1. The van der Waals surface area contributed by atoms with E-state index in [1.54, 1.807) is 4.90 Å². The second-order valence-electron chi connectivity index (χ2n) is 6.46. The molecule has 1 aliphatic rings. The van der Waals surface area contributed by atoms with Crippen molar-refractivity contribution in [2.45, 2.75) is 31.5 Å². The zero-order valence-corrected chi connectivity index (χ0v) is 14.4. The molecule has 138 valence electrons. The van der Waals surface area contributed by atoms with E-state index in [0.29, 0.717) is 25.9 Å². The van der Waals surface area contributed by atoms with Gasteiger partial charge >= 0.3 is 6.18 Å². The van der Waals surface area contributed by atoms with Crippen LogP contribution >= 0.6 is 0 Å². The topological polar surface area (TPSA) is 29.5 Å². The summed E-state index contributed by atoms with van der Waals surface area (Å²) < 4.78 is 46.2. The van der Waals surface area contributed by atoms with Crippen LogP contribution in [0, 0.1) is 0 Å². The summed E-state index contributed by atoms with van der Waals surface area (Å²) in [6.45, 7) is 2.38. The fraction of sp³-hybridized carbons (Fsp3) is 0.350. The molecule has 0 bridgehead atoms. The average molecular weight is 363 g/mol. The Bertz CT molecular complexity index is 766. The maximum Gasteiger partial charge on any atom is 0.419 e. The Morgan fingerprint density at radius 1 is 1.00 bits per heavy atom. The Kier molecular flexibility index (Phi) is 4.94. The molecule has 1 fully saturated rings. The van der Waals surface area contributed by atoms with Crippen molar-refractivity contribution in [2.24, 2.45) is 0 Å². The molecule has 1 saturated heterocycles. The predicted molar refractivity (Wildman–Crippen MR) is 91.7 cm³/mol. The Morgan fingerprint density at radius 3 is 2.15 bits per heavy atom. The Labute approximate surface area is 150 Å². The van der Waals surface area contributed by atoms with Crippen LogP contribution < -0.4 is 4.74 Å². The molecule has 26 heavy (non-hydrogen) atoms. The molecule has 6 heteroatoms. The van der Waals surface area contributed by atoms with Crippen LogP contribution in [0.5, 0.6) is 5.75 Å². The van der Waals surface area contributed by atoms with Gasteiger partial charge in [-0.2, -0.15) is 13.2 Å². The number of amides is 1. The van der Waals surface area contributed by atoms with Gasteiger partial charge in [-0.1, -0.05) is 42.5 Å². The van der Waals surface area contributed by atoms with Crippen molar-refractivity contribution in [3.63, 3.8) is 0 Å². The van der Waals surface area contributed by atoms with E-state index in [4.69, 9.17) is 4.74 Å². The van der Waals surface area contributed by atoms with Crippen molar-refractivity contribution in [1.82, 2.24) is 4.90 Å². The molecule has 2 aromatic rings. The van der Waals surface area contributed by atoms with Gasteiger partial charge in [-0.05, 0) is 17.7 Å². The fourth-order valence-corrected chi connectivity index (χ4v) is 3.37. The van der Waals surface area contributed by atoms with Crippen molar-refractivity contribution in [2.75, 3.05) is 13.1 Å². The van der Waals surface area contributed by atoms with Gasteiger partial charge in [0.05, 0.1) is 5.56 Å². The van der Waals surface area contributed by atoms with Crippen LogP contribution in [0.4, 0.5) is 13.2 Å². The SMILES string of the molecule is CC(=O)N1CCC(Oc2ccccc2C(F)(F)F)(c2ccccc2)CC1. The predicted octanol–water partition coefficient (Wildman–Crippen LogP) is 4.62. The minimum atomic E-state index is -4.49. The average Bonchev–Trinajstić information content (AvgIpc) is 2.62. The molecule has 0 atom stereocenters. The third-order valence-corrected chi connectivity index (χ3v) is 4.81. The number of carbonyl (C=O) groups excluding carboxylic acids is 1. The van der Waals surface area contributed by atoms with E-state index < -0.39 is 17.3 Å². The van der Waals surface area contributed by atoms with E-state index in [0.717, 1.165) is 11.6 Å². The summed E-state index contributed by atoms with van der Waals surface area (Å²) in [7, 11) is 0. The van der Waals surface area contributed by atoms with E-state index in [-0.39, 0.29) is 11.7 Å². The third kappa shape index (κ3) is 3.69. The zero-order chi connectivity index (χ0) is 18.8. The lowest BCUT2D eigenvalue weighted by atomic mass is 9.84. The number of hydrogen-bond donors (Lipinski definition) is 0. The number of para-hydroxylation sites is 1. The number of halogens is 3. The summed E-state index contributed by atoms with van der Waals surface area (Å²) in [5.41, 5.74) is -0.862. The number of nitrogens with zero attached hydrogens (tertiary/aromatic N) is 1. The van der Waals surface area contributed by atoms with Gasteiger partial charge in [0.2, 0.25) is 5.91 Å². The first-order valence-electron chi connectivity index (χ1n) is 8.48. The lowest BCUT2D eigenvalue weighted by Crippen LogP contribution is -2.47. The number of hydrogen-bond acceptors (Lipinski definition) is 2. The van der Waals surface area contributed by atoms with Gasteiger partial charge in [-0.3, -0.25) is 4.79 Å². The molecule has 1 amide bonds. The number of carbonyl (C=O) groups is 1. The Hall–Kier alpha value is -2.50. The first-order valence-corrected chi connectivity index (χ1v) is 8.48. The van der Waals surface area contributed by atoms with Gasteiger partial charge < -0.3 is 9.64 Å². The molecule has 0 N–H and O–H groups in total. The Balaban J connectivity index is 1.98. The molecule has 0 aromatic heterocycles. The van der Waals surface area contributed by atoms with E-state index in [1.807, 2.05) is 30.3 Å². The van der Waals surface area contributed by atoms with Crippen LogP contribution in [0.3, 0.4) is 0 Å². The van der Waals surface area contributed by atoms with E-state index in [1.165, 1.54) is 25.1 Å². The van der Waals surface area contributed by atoms with Crippen LogP contribution in [0.15, 0.2) is 54.6 Å². The highest BCUT2D eigenvalue weighted by Gasteiger charge is 2.42. The summed E-state index contributed by atoms with van der Waals surface area (Å²) in [4.78, 5) is 13.3. The van der Waals surface area contributed by atoms with Crippen LogP contribution in [-0.4, -0.2) is 23.9 Å². The third-order valence-electron chi connectivity index (χ3n) is 4.81. The van der Waals surface area contributed by atoms with Crippen molar-refractivity contribution < 1.29 is 22.7 Å². The molecule has 0 radical (unpaired) electrons. The molecule has 3 nitrogen and oxygen atoms in total. The van der Waals surface area contributed by atoms with Crippen LogP contribution in [-0.2, 0) is 16.6 Å². The smallest absolute Gasteiger partial charge is 0.419 e. The summed E-state index contributed by atoms with van der Waals surface area (Å²) in [5, 5.41) is 0. The minimum Gasteiger partial charge on any atom is -0.482 e. The summed E-state index contributed by atoms with van der Waals surface area (Å²) in [6.07, 6.45) is -3.62. The molecule has 1 aliphatic heterocycles. The Morgan fingerprint density at radius 2 is 1.58 bits per heavy atom. The zero-order valence-electron chi connectivity index (χ0n) is 14.4. The second-order valence-corrected chi connectivity index (χ2v) is 6.46. The maximum absolute atomic E-state index is 13.4. The quantitative estimate of drug-likeness (QED) is 0.796. The molecule has 2 aromatic carbocycles. The maximum atomic E-state index is 13.4. The number of benzene rings is 2. The first-order chi connectivity index (χ1) is 12.3. The largest absolute Gasteiger partial charge is 0.482 e. The number of rotatable bonds is 3. The summed E-state index contributed by atoms with van der Waals surface area (Å²) in [5.74, 6) is -0.220. The van der Waals surface area contributed by atoms with E-state index >= 15 is 0 Å². The molecule has 0 aliphatic carbocycles. The number of likely N-dealkylation sites (tertiary alicyclic amines) is 1. The monoisotopic (exact) mass is 363 g/mol. The number of ether oxygens (including phenoxy) is 1. The minimum absolute atomic E-state index is 0.0395. The van der Waals surface area contributed by atoms with E-state index in [2.05, 4.69) is 0 Å². The molecule has 0 spiro atoms. The molecule has 0 saturated carbocycles. The fourth-order valence-electron chi connectivity index (χ4n) is 3.37. The highest BCUT2D eigenvalue weighted by molar-refractivity contribution is 5.73. The van der Waals surface area contributed by atoms with Crippen molar-refractivity contribution >= 4 is 5.91 Å². The molecule has 3 rings (SSSR count). The lowest BCUT2D eigenvalue weighted by molar-refractivity contribution is -0.141. The van der Waals surface area contributed by atoms with Gasteiger partial charge in [0.15, 0.2) is 0 Å².